The van der Waals surface area contributed by atoms with Crippen LogP contribution in [0.4, 0.5) is 5.82 Å². The Morgan fingerprint density at radius 2 is 1.45 bits per heavy atom. The van der Waals surface area contributed by atoms with E-state index < -0.39 is 0 Å². The van der Waals surface area contributed by atoms with Gasteiger partial charge in [0.05, 0.1) is 12.8 Å². The van der Waals surface area contributed by atoms with E-state index >= 15 is 0 Å². The summed E-state index contributed by atoms with van der Waals surface area (Å²) < 4.78 is 5.78. The van der Waals surface area contributed by atoms with E-state index in [1.54, 1.807) is 7.11 Å². The Balaban J connectivity index is 2.78. The largest absolute Gasteiger partial charge is 0.496 e. The Bertz CT molecular complexity index is 637. The van der Waals surface area contributed by atoms with Crippen molar-refractivity contribution in [3.63, 3.8) is 0 Å². The van der Waals surface area contributed by atoms with Crippen molar-refractivity contribution in [2.24, 2.45) is 0 Å². The molecule has 4 nitrogen and oxygen atoms in total. The van der Waals surface area contributed by atoms with Gasteiger partial charge in [-0.2, -0.15) is 5.10 Å². The van der Waals surface area contributed by atoms with Gasteiger partial charge in [-0.1, -0.05) is 41.5 Å². The van der Waals surface area contributed by atoms with Crippen LogP contribution in [0.2, 0.25) is 0 Å². The fraction of sp³-hybridized carbons (Fsp3) is 0.500. The normalized spacial score (nSPS) is 12.5. The number of methoxy groups -OCH3 is 1. The lowest BCUT2D eigenvalue weighted by Crippen LogP contribution is -2.19. The van der Waals surface area contributed by atoms with Crippen molar-refractivity contribution < 1.29 is 4.74 Å². The van der Waals surface area contributed by atoms with Crippen LogP contribution in [0.15, 0.2) is 18.2 Å². The molecule has 0 saturated carbocycles. The molecule has 0 aliphatic rings. The first kappa shape index (κ1) is 16.4. The highest BCUT2D eigenvalue weighted by Gasteiger charge is 2.27. The number of benzene rings is 1. The summed E-state index contributed by atoms with van der Waals surface area (Å²) in [5.74, 6) is 1.47. The molecule has 2 rings (SSSR count). The monoisotopic (exact) mass is 301 g/mol. The zero-order chi connectivity index (χ0) is 16.7. The number of aromatic amines is 1. The molecule has 120 valence electrons. The topological polar surface area (TPSA) is 63.9 Å². The maximum atomic E-state index is 5.78. The molecule has 0 radical (unpaired) electrons. The summed E-state index contributed by atoms with van der Waals surface area (Å²) in [6.45, 7) is 13.2. The molecule has 2 aromatic rings. The van der Waals surface area contributed by atoms with Crippen molar-refractivity contribution >= 4 is 5.82 Å². The summed E-state index contributed by atoms with van der Waals surface area (Å²) in [6, 6.07) is 6.20. The minimum absolute atomic E-state index is 0.0209. The standard InChI is InChI=1S/C18H27N3O/c1-17(2,3)12-8-11(14-10-15(19)21-20-14)9-13(16(12)22-7)18(4,5)6/h8-10H,1-7H3,(H3,19,20,21). The molecule has 1 aromatic heterocycles. The van der Waals surface area contributed by atoms with Gasteiger partial charge in [0.25, 0.3) is 0 Å². The van der Waals surface area contributed by atoms with Gasteiger partial charge >= 0.3 is 0 Å². The van der Waals surface area contributed by atoms with Crippen molar-refractivity contribution in [3.8, 4) is 17.0 Å². The number of rotatable bonds is 2. The van der Waals surface area contributed by atoms with Crippen LogP contribution in [0.5, 0.6) is 5.75 Å². The van der Waals surface area contributed by atoms with Gasteiger partial charge in [-0.05, 0) is 23.0 Å². The smallest absolute Gasteiger partial charge is 0.145 e. The Hall–Kier alpha value is -1.97. The summed E-state index contributed by atoms with van der Waals surface area (Å²) in [5.41, 5.74) is 10.1. The summed E-state index contributed by atoms with van der Waals surface area (Å²) in [6.07, 6.45) is 0. The van der Waals surface area contributed by atoms with Crippen LogP contribution < -0.4 is 10.5 Å². The Morgan fingerprint density at radius 3 is 1.77 bits per heavy atom. The molecule has 0 saturated heterocycles. The van der Waals surface area contributed by atoms with Crippen LogP contribution in [-0.4, -0.2) is 17.3 Å². The third-order valence-corrected chi connectivity index (χ3v) is 3.82. The first-order chi connectivity index (χ1) is 10.0. The zero-order valence-corrected chi connectivity index (χ0v) is 14.7. The number of aromatic nitrogens is 2. The van der Waals surface area contributed by atoms with Gasteiger partial charge in [-0.15, -0.1) is 0 Å². The van der Waals surface area contributed by atoms with Gasteiger partial charge in [0.15, 0.2) is 0 Å². The van der Waals surface area contributed by atoms with Gasteiger partial charge in [0.2, 0.25) is 0 Å². The van der Waals surface area contributed by atoms with Gasteiger partial charge in [0.1, 0.15) is 11.6 Å². The maximum Gasteiger partial charge on any atom is 0.145 e. The molecule has 0 atom stereocenters. The minimum atomic E-state index is -0.0209. The van der Waals surface area contributed by atoms with Crippen molar-refractivity contribution in [1.29, 1.82) is 0 Å². The molecule has 1 aromatic carbocycles. The lowest BCUT2D eigenvalue weighted by Gasteiger charge is -2.29. The fourth-order valence-corrected chi connectivity index (χ4v) is 2.60. The van der Waals surface area contributed by atoms with E-state index in [1.165, 1.54) is 11.1 Å². The van der Waals surface area contributed by atoms with Gasteiger partial charge in [-0.25, -0.2) is 0 Å². The van der Waals surface area contributed by atoms with Crippen molar-refractivity contribution in [1.82, 2.24) is 10.2 Å². The first-order valence-electron chi connectivity index (χ1n) is 7.58. The van der Waals surface area contributed by atoms with Crippen LogP contribution in [0, 0.1) is 0 Å². The van der Waals surface area contributed by atoms with Crippen LogP contribution in [-0.2, 0) is 10.8 Å². The van der Waals surface area contributed by atoms with Crippen molar-refractivity contribution in [2.45, 2.75) is 52.4 Å². The van der Waals surface area contributed by atoms with Crippen molar-refractivity contribution in [2.75, 3.05) is 12.8 Å². The predicted octanol–water partition coefficient (Wildman–Crippen LogP) is 4.26. The van der Waals surface area contributed by atoms with Crippen molar-refractivity contribution in [3.05, 3.63) is 29.3 Å². The molecule has 0 aliphatic carbocycles. The Kier molecular flexibility index (Phi) is 3.98. The highest BCUT2D eigenvalue weighted by atomic mass is 16.5. The summed E-state index contributed by atoms with van der Waals surface area (Å²) in [4.78, 5) is 0. The quantitative estimate of drug-likeness (QED) is 0.871. The SMILES string of the molecule is COc1c(C(C)(C)C)cc(-c2cc(N)n[nH]2)cc1C(C)(C)C. The first-order valence-corrected chi connectivity index (χ1v) is 7.58. The summed E-state index contributed by atoms with van der Waals surface area (Å²) in [7, 11) is 1.74. The summed E-state index contributed by atoms with van der Waals surface area (Å²) in [5, 5.41) is 7.04. The van der Waals surface area contributed by atoms with Gasteiger partial charge < -0.3 is 10.5 Å². The minimum Gasteiger partial charge on any atom is -0.496 e. The second kappa shape index (κ2) is 5.34. The number of hydrogen-bond acceptors (Lipinski definition) is 3. The van der Waals surface area contributed by atoms with Crippen LogP contribution in [0.25, 0.3) is 11.3 Å². The third-order valence-electron chi connectivity index (χ3n) is 3.82. The average Bonchev–Trinajstić information content (AvgIpc) is 2.81. The molecule has 0 amide bonds. The third kappa shape index (κ3) is 3.11. The number of nitrogens with one attached hydrogen (secondary N) is 1. The summed E-state index contributed by atoms with van der Waals surface area (Å²) >= 11 is 0. The molecular formula is C18H27N3O. The number of nitrogen functional groups attached to an aromatic ring is 1. The molecule has 4 heteroatoms. The molecule has 0 unspecified atom stereocenters. The van der Waals surface area contributed by atoms with E-state index in [0.29, 0.717) is 5.82 Å². The number of hydrogen-bond donors (Lipinski definition) is 2. The van der Waals surface area contributed by atoms with E-state index in [-0.39, 0.29) is 10.8 Å². The van der Waals surface area contributed by atoms with Crippen LogP contribution >= 0.6 is 0 Å². The Labute approximate surface area is 133 Å². The second-order valence-corrected chi connectivity index (χ2v) is 7.81. The van der Waals surface area contributed by atoms with Gasteiger partial charge in [0, 0.05) is 22.8 Å². The average molecular weight is 301 g/mol. The molecule has 3 N–H and O–H groups in total. The molecule has 0 aliphatic heterocycles. The Morgan fingerprint density at radius 1 is 0.955 bits per heavy atom. The van der Waals surface area contributed by atoms with E-state index in [1.807, 2.05) is 6.07 Å². The van der Waals surface area contributed by atoms with E-state index in [2.05, 4.69) is 63.9 Å². The lowest BCUT2D eigenvalue weighted by atomic mass is 9.78. The highest BCUT2D eigenvalue weighted by molar-refractivity contribution is 5.68. The molecule has 0 spiro atoms. The van der Waals surface area contributed by atoms with Gasteiger partial charge in [-0.3, -0.25) is 5.10 Å². The van der Waals surface area contributed by atoms with Crippen LogP contribution in [0.1, 0.15) is 52.7 Å². The molecule has 22 heavy (non-hydrogen) atoms. The molecule has 1 heterocycles. The lowest BCUT2D eigenvalue weighted by molar-refractivity contribution is 0.381. The van der Waals surface area contributed by atoms with E-state index in [4.69, 9.17) is 10.5 Å². The zero-order valence-electron chi connectivity index (χ0n) is 14.7. The fourth-order valence-electron chi connectivity index (χ4n) is 2.60. The number of anilines is 1. The second-order valence-electron chi connectivity index (χ2n) is 7.81. The molecule has 0 fully saturated rings. The number of ether oxygens (including phenoxy) is 1. The van der Waals surface area contributed by atoms with Crippen LogP contribution in [0.3, 0.4) is 0 Å². The molecule has 0 bridgehead atoms. The maximum absolute atomic E-state index is 5.78. The number of H-pyrrole nitrogens is 1. The predicted molar refractivity (Wildman–Crippen MR) is 92.4 cm³/mol. The van der Waals surface area contributed by atoms with E-state index in [0.717, 1.165) is 17.0 Å². The molecular weight excluding hydrogens is 274 g/mol. The van der Waals surface area contributed by atoms with E-state index in [9.17, 15) is 0 Å². The highest BCUT2D eigenvalue weighted by Crippen LogP contribution is 2.42. The number of nitrogens with two attached hydrogens (primary N) is 1. The number of nitrogens with zero attached hydrogens (tertiary/aromatic N) is 1.